The van der Waals surface area contributed by atoms with Gasteiger partial charge in [0.25, 0.3) is 0 Å². The Morgan fingerprint density at radius 3 is 2.41 bits per heavy atom. The van der Waals surface area contributed by atoms with Gasteiger partial charge in [-0.15, -0.1) is 0 Å². The number of hydrogen-bond donors (Lipinski definition) is 1. The van der Waals surface area contributed by atoms with Crippen LogP contribution in [0.15, 0.2) is 22.7 Å². The molecule has 6 heteroatoms. The van der Waals surface area contributed by atoms with E-state index in [1.54, 1.807) is 6.08 Å². The van der Waals surface area contributed by atoms with Crippen molar-refractivity contribution in [2.75, 3.05) is 13.2 Å². The minimum atomic E-state index is -0.653. The third kappa shape index (κ3) is 6.23. The molecule has 1 amide bonds. The van der Waals surface area contributed by atoms with E-state index in [4.69, 9.17) is 4.74 Å². The Bertz CT molecular complexity index is 531. The topological polar surface area (TPSA) is 38.3 Å². The molecule has 3 nitrogen and oxygen atoms in total. The third-order valence-electron chi connectivity index (χ3n) is 2.78. The molecule has 1 aromatic rings. The second-order valence-corrected chi connectivity index (χ2v) is 6.63. The highest BCUT2D eigenvalue weighted by Gasteiger charge is 2.16. The van der Waals surface area contributed by atoms with E-state index in [-0.39, 0.29) is 17.7 Å². The Hall–Kier alpha value is -1.27. The van der Waals surface area contributed by atoms with E-state index in [1.807, 2.05) is 20.8 Å². The predicted molar refractivity (Wildman–Crippen MR) is 86.4 cm³/mol. The van der Waals surface area contributed by atoms with Crippen LogP contribution in [-0.4, -0.2) is 25.2 Å². The summed E-state index contributed by atoms with van der Waals surface area (Å²) in [7, 11) is 0. The van der Waals surface area contributed by atoms with Crippen molar-refractivity contribution in [3.63, 3.8) is 0 Å². The van der Waals surface area contributed by atoms with Gasteiger partial charge in [-0.05, 0) is 44.9 Å². The zero-order valence-corrected chi connectivity index (χ0v) is 14.5. The third-order valence-corrected chi connectivity index (χ3v) is 3.24. The molecular formula is C16H20BrF2NO2. The van der Waals surface area contributed by atoms with Crippen LogP contribution < -0.4 is 5.32 Å². The van der Waals surface area contributed by atoms with Gasteiger partial charge >= 0.3 is 0 Å². The zero-order valence-electron chi connectivity index (χ0n) is 12.9. The highest BCUT2D eigenvalue weighted by molar-refractivity contribution is 9.10. The summed E-state index contributed by atoms with van der Waals surface area (Å²) in [6.45, 7) is 6.25. The van der Waals surface area contributed by atoms with Crippen LogP contribution in [-0.2, 0) is 9.53 Å². The summed E-state index contributed by atoms with van der Waals surface area (Å²) in [6, 6.07) is 2.42. The number of carbonyl (C=O) groups is 1. The minimum absolute atomic E-state index is 0.0894. The van der Waals surface area contributed by atoms with E-state index in [2.05, 4.69) is 21.2 Å². The van der Waals surface area contributed by atoms with Gasteiger partial charge in [-0.1, -0.05) is 22.0 Å². The lowest BCUT2D eigenvalue weighted by atomic mass is 10.0. The predicted octanol–water partition coefficient (Wildman–Crippen LogP) is 4.06. The Labute approximate surface area is 137 Å². The first-order valence-electron chi connectivity index (χ1n) is 6.89. The lowest BCUT2D eigenvalue weighted by Crippen LogP contribution is -2.20. The SMILES string of the molecule is CC(C)(C)OCC/C(=C\CNC=O)c1c(F)cc(Br)cc1F. The number of benzene rings is 1. The van der Waals surface area contributed by atoms with Crippen LogP contribution in [0.5, 0.6) is 0 Å². The van der Waals surface area contributed by atoms with Crippen LogP contribution in [0, 0.1) is 11.6 Å². The fraction of sp³-hybridized carbons (Fsp3) is 0.438. The zero-order chi connectivity index (χ0) is 16.8. The van der Waals surface area contributed by atoms with Crippen molar-refractivity contribution in [1.29, 1.82) is 0 Å². The summed E-state index contributed by atoms with van der Waals surface area (Å²) in [5, 5.41) is 2.45. The first-order valence-corrected chi connectivity index (χ1v) is 7.69. The summed E-state index contributed by atoms with van der Waals surface area (Å²) in [4.78, 5) is 10.3. The summed E-state index contributed by atoms with van der Waals surface area (Å²) < 4.78 is 34.1. The van der Waals surface area contributed by atoms with Crippen molar-refractivity contribution < 1.29 is 18.3 Å². The maximum atomic E-state index is 14.1. The average molecular weight is 376 g/mol. The monoisotopic (exact) mass is 375 g/mol. The Balaban J connectivity index is 3.00. The quantitative estimate of drug-likeness (QED) is 0.576. The largest absolute Gasteiger partial charge is 0.376 e. The molecule has 0 fully saturated rings. The van der Waals surface area contributed by atoms with Crippen molar-refractivity contribution in [2.24, 2.45) is 0 Å². The minimum Gasteiger partial charge on any atom is -0.376 e. The molecule has 0 radical (unpaired) electrons. The number of carbonyl (C=O) groups excluding carboxylic acids is 1. The van der Waals surface area contributed by atoms with Crippen molar-refractivity contribution in [1.82, 2.24) is 5.32 Å². The molecule has 1 rings (SSSR count). The van der Waals surface area contributed by atoms with Gasteiger partial charge in [0.15, 0.2) is 0 Å². The molecule has 0 spiro atoms. The molecule has 0 aliphatic heterocycles. The number of nitrogens with one attached hydrogen (secondary N) is 1. The number of amides is 1. The molecule has 0 saturated heterocycles. The molecule has 0 aliphatic carbocycles. The Kier molecular flexibility index (Phi) is 7.16. The highest BCUT2D eigenvalue weighted by atomic mass is 79.9. The molecule has 0 unspecified atom stereocenters. The normalized spacial score (nSPS) is 12.4. The van der Waals surface area contributed by atoms with E-state index in [1.165, 1.54) is 12.1 Å². The van der Waals surface area contributed by atoms with Gasteiger partial charge in [-0.3, -0.25) is 4.79 Å². The molecule has 1 aromatic carbocycles. The van der Waals surface area contributed by atoms with E-state index in [9.17, 15) is 13.6 Å². The molecule has 0 atom stereocenters. The summed E-state index contributed by atoms with van der Waals surface area (Å²) >= 11 is 3.06. The van der Waals surface area contributed by atoms with Gasteiger partial charge in [0.2, 0.25) is 6.41 Å². The van der Waals surface area contributed by atoms with Crippen LogP contribution in [0.1, 0.15) is 32.8 Å². The number of hydrogen-bond acceptors (Lipinski definition) is 2. The molecule has 1 N–H and O–H groups in total. The first kappa shape index (κ1) is 18.8. The van der Waals surface area contributed by atoms with Crippen LogP contribution in [0.4, 0.5) is 8.78 Å². The fourth-order valence-electron chi connectivity index (χ4n) is 1.88. The number of rotatable bonds is 7. The van der Waals surface area contributed by atoms with Gasteiger partial charge in [-0.25, -0.2) is 8.78 Å². The molecule has 0 saturated carbocycles. The average Bonchev–Trinajstić information content (AvgIpc) is 2.35. The van der Waals surface area contributed by atoms with E-state index in [0.717, 1.165) is 0 Å². The molecule has 0 aliphatic rings. The van der Waals surface area contributed by atoms with Gasteiger partial charge < -0.3 is 10.1 Å². The lowest BCUT2D eigenvalue weighted by molar-refractivity contribution is -0.109. The van der Waals surface area contributed by atoms with Crippen LogP contribution in [0.2, 0.25) is 0 Å². The lowest BCUT2D eigenvalue weighted by Gasteiger charge is -2.20. The molecule has 0 bridgehead atoms. The fourth-order valence-corrected chi connectivity index (χ4v) is 2.28. The number of halogens is 3. The van der Waals surface area contributed by atoms with Crippen LogP contribution in [0.25, 0.3) is 5.57 Å². The van der Waals surface area contributed by atoms with Gasteiger partial charge in [0.05, 0.1) is 12.2 Å². The van der Waals surface area contributed by atoms with E-state index in [0.29, 0.717) is 29.5 Å². The molecular weight excluding hydrogens is 356 g/mol. The highest BCUT2D eigenvalue weighted by Crippen LogP contribution is 2.28. The van der Waals surface area contributed by atoms with Gasteiger partial charge in [0, 0.05) is 16.6 Å². The number of ether oxygens (including phenoxy) is 1. The summed E-state index contributed by atoms with van der Waals surface area (Å²) in [6.07, 6.45) is 2.47. The van der Waals surface area contributed by atoms with Gasteiger partial charge in [0.1, 0.15) is 11.6 Å². The van der Waals surface area contributed by atoms with E-state index < -0.39 is 11.6 Å². The maximum Gasteiger partial charge on any atom is 0.207 e. The summed E-state index contributed by atoms with van der Waals surface area (Å²) in [5.74, 6) is -1.31. The van der Waals surface area contributed by atoms with Crippen LogP contribution in [0.3, 0.4) is 0 Å². The Morgan fingerprint density at radius 2 is 1.91 bits per heavy atom. The van der Waals surface area contributed by atoms with Crippen molar-refractivity contribution in [2.45, 2.75) is 32.8 Å². The van der Waals surface area contributed by atoms with E-state index >= 15 is 0 Å². The second kappa shape index (κ2) is 8.39. The molecule has 0 heterocycles. The molecule has 122 valence electrons. The van der Waals surface area contributed by atoms with Gasteiger partial charge in [-0.2, -0.15) is 0 Å². The summed E-state index contributed by atoms with van der Waals surface area (Å²) in [5.41, 5.74) is 0.0395. The molecule has 0 aromatic heterocycles. The van der Waals surface area contributed by atoms with Crippen molar-refractivity contribution in [3.05, 3.63) is 39.9 Å². The first-order chi connectivity index (χ1) is 10.2. The second-order valence-electron chi connectivity index (χ2n) is 5.71. The van der Waals surface area contributed by atoms with Crippen molar-refractivity contribution in [3.8, 4) is 0 Å². The Morgan fingerprint density at radius 1 is 1.32 bits per heavy atom. The van der Waals surface area contributed by atoms with Crippen molar-refractivity contribution >= 4 is 27.9 Å². The van der Waals surface area contributed by atoms with Crippen LogP contribution >= 0.6 is 15.9 Å². The standard InChI is InChI=1S/C16H20BrF2NO2/c1-16(2,3)22-7-5-11(4-6-20-10-21)15-13(18)8-12(17)9-14(15)19/h4,8-10H,5-7H2,1-3H3,(H,20,21)/b11-4+. The smallest absolute Gasteiger partial charge is 0.207 e. The molecule has 22 heavy (non-hydrogen) atoms. The maximum absolute atomic E-state index is 14.1.